The van der Waals surface area contributed by atoms with Crippen LogP contribution in [0.5, 0.6) is 0 Å². The van der Waals surface area contributed by atoms with Crippen molar-refractivity contribution in [3.05, 3.63) is 11.9 Å². The molecule has 4 nitrogen and oxygen atoms in total. The zero-order valence-corrected chi connectivity index (χ0v) is 11.4. The van der Waals surface area contributed by atoms with Crippen molar-refractivity contribution in [2.75, 3.05) is 30.4 Å². The van der Waals surface area contributed by atoms with Crippen LogP contribution in [-0.2, 0) is 6.42 Å². The number of anilines is 2. The second kappa shape index (κ2) is 6.58. The summed E-state index contributed by atoms with van der Waals surface area (Å²) < 4.78 is 37.7. The predicted molar refractivity (Wildman–Crippen MR) is 69.5 cm³/mol. The van der Waals surface area contributed by atoms with Gasteiger partial charge in [-0.05, 0) is 13.3 Å². The van der Waals surface area contributed by atoms with Gasteiger partial charge in [-0.3, -0.25) is 0 Å². The molecule has 0 bridgehead atoms. The molecular formula is C12H19F3N4. The van der Waals surface area contributed by atoms with E-state index in [2.05, 4.69) is 15.3 Å². The Hall–Kier alpha value is -1.53. The van der Waals surface area contributed by atoms with Gasteiger partial charge in [0.2, 0.25) is 0 Å². The van der Waals surface area contributed by atoms with Crippen molar-refractivity contribution in [3.8, 4) is 0 Å². The van der Waals surface area contributed by atoms with Gasteiger partial charge in [0.15, 0.2) is 0 Å². The molecule has 1 rings (SSSR count). The summed E-state index contributed by atoms with van der Waals surface area (Å²) in [5, 5.41) is 2.90. The molecule has 1 aromatic rings. The van der Waals surface area contributed by atoms with E-state index in [4.69, 9.17) is 0 Å². The average molecular weight is 276 g/mol. The smallest absolute Gasteiger partial charge is 0.373 e. The molecular weight excluding hydrogens is 257 g/mol. The summed E-state index contributed by atoms with van der Waals surface area (Å²) in [4.78, 5) is 9.33. The number of alkyl halides is 3. The van der Waals surface area contributed by atoms with Crippen molar-refractivity contribution >= 4 is 11.6 Å². The number of halogens is 3. The Balaban J connectivity index is 3.15. The highest BCUT2D eigenvalue weighted by Gasteiger charge is 2.31. The number of hydrogen-bond acceptors (Lipinski definition) is 4. The summed E-state index contributed by atoms with van der Waals surface area (Å²) in [7, 11) is 1.70. The quantitative estimate of drug-likeness (QED) is 0.867. The van der Waals surface area contributed by atoms with E-state index in [9.17, 15) is 13.2 Å². The predicted octanol–water partition coefficient (Wildman–Crippen LogP) is 2.86. The van der Waals surface area contributed by atoms with E-state index in [1.807, 2.05) is 6.92 Å². The van der Waals surface area contributed by atoms with Gasteiger partial charge in [-0.2, -0.15) is 13.2 Å². The lowest BCUT2D eigenvalue weighted by molar-refractivity contribution is -0.119. The molecule has 0 atom stereocenters. The molecule has 0 amide bonds. The normalized spacial score (nSPS) is 11.5. The van der Waals surface area contributed by atoms with Crippen molar-refractivity contribution in [1.82, 2.24) is 9.97 Å². The van der Waals surface area contributed by atoms with Crippen molar-refractivity contribution in [3.63, 3.8) is 0 Å². The third-order valence-electron chi connectivity index (χ3n) is 2.71. The van der Waals surface area contributed by atoms with Crippen LogP contribution in [0.4, 0.5) is 24.8 Å². The van der Waals surface area contributed by atoms with Gasteiger partial charge >= 0.3 is 6.18 Å². The second-order valence-corrected chi connectivity index (χ2v) is 4.15. The number of aromatic nitrogens is 2. The van der Waals surface area contributed by atoms with Crippen LogP contribution in [0.3, 0.4) is 0 Å². The molecule has 19 heavy (non-hydrogen) atoms. The fourth-order valence-corrected chi connectivity index (χ4v) is 1.92. The first-order valence-electron chi connectivity index (χ1n) is 6.26. The third kappa shape index (κ3) is 4.25. The Morgan fingerprint density at radius 3 is 2.42 bits per heavy atom. The molecule has 0 radical (unpaired) electrons. The number of rotatable bonds is 6. The van der Waals surface area contributed by atoms with Crippen LogP contribution in [0, 0.1) is 0 Å². The van der Waals surface area contributed by atoms with E-state index >= 15 is 0 Å². The van der Waals surface area contributed by atoms with E-state index in [0.29, 0.717) is 18.1 Å². The summed E-state index contributed by atoms with van der Waals surface area (Å²) in [6.07, 6.45) is -1.50. The molecule has 1 heterocycles. The highest BCUT2D eigenvalue weighted by Crippen LogP contribution is 2.27. The van der Waals surface area contributed by atoms with E-state index in [-0.39, 0.29) is 6.54 Å². The van der Waals surface area contributed by atoms with Gasteiger partial charge in [-0.15, -0.1) is 0 Å². The molecule has 0 saturated heterocycles. The van der Waals surface area contributed by atoms with Crippen molar-refractivity contribution < 1.29 is 13.2 Å². The van der Waals surface area contributed by atoms with Gasteiger partial charge in [0.25, 0.3) is 0 Å². The first kappa shape index (κ1) is 15.5. The van der Waals surface area contributed by atoms with Gasteiger partial charge in [-0.25, -0.2) is 9.97 Å². The molecule has 0 saturated carbocycles. The lowest BCUT2D eigenvalue weighted by Crippen LogP contribution is -2.35. The lowest BCUT2D eigenvalue weighted by atomic mass is 10.1. The van der Waals surface area contributed by atoms with Crippen molar-refractivity contribution in [1.29, 1.82) is 0 Å². The Labute approximate surface area is 111 Å². The first-order chi connectivity index (χ1) is 8.92. The van der Waals surface area contributed by atoms with Crippen LogP contribution in [0.25, 0.3) is 0 Å². The fraction of sp³-hybridized carbons (Fsp3) is 0.667. The molecule has 0 fully saturated rings. The molecule has 0 aliphatic heterocycles. The molecule has 0 spiro atoms. The number of nitrogens with one attached hydrogen (secondary N) is 1. The summed E-state index contributed by atoms with van der Waals surface area (Å²) >= 11 is 0. The Morgan fingerprint density at radius 2 is 1.95 bits per heavy atom. The summed E-state index contributed by atoms with van der Waals surface area (Å²) in [6.45, 7) is 2.90. The number of nitrogens with zero attached hydrogens (tertiary/aromatic N) is 3. The first-order valence-corrected chi connectivity index (χ1v) is 6.26. The molecule has 1 aromatic heterocycles. The van der Waals surface area contributed by atoms with Crippen LogP contribution in [0.15, 0.2) is 6.33 Å². The van der Waals surface area contributed by atoms with E-state index in [1.54, 1.807) is 14.0 Å². The van der Waals surface area contributed by atoms with Gasteiger partial charge in [0.1, 0.15) is 24.5 Å². The maximum absolute atomic E-state index is 12.6. The lowest BCUT2D eigenvalue weighted by Gasteiger charge is -2.26. The molecule has 0 aliphatic carbocycles. The topological polar surface area (TPSA) is 41.1 Å². The highest BCUT2D eigenvalue weighted by molar-refractivity contribution is 5.58. The van der Waals surface area contributed by atoms with Crippen LogP contribution in [0.2, 0.25) is 0 Å². The molecule has 1 N–H and O–H groups in total. The summed E-state index contributed by atoms with van der Waals surface area (Å²) in [5.41, 5.74) is 0.735. The Bertz CT molecular complexity index is 406. The van der Waals surface area contributed by atoms with E-state index < -0.39 is 12.7 Å². The molecule has 7 heteroatoms. The SMILES string of the molecule is CCCc1c(NC)ncnc1N(CC)CC(F)(F)F. The molecule has 108 valence electrons. The summed E-state index contributed by atoms with van der Waals surface area (Å²) in [5.74, 6) is 0.952. The largest absolute Gasteiger partial charge is 0.405 e. The monoisotopic (exact) mass is 276 g/mol. The molecule has 0 unspecified atom stereocenters. The third-order valence-corrected chi connectivity index (χ3v) is 2.71. The van der Waals surface area contributed by atoms with Gasteiger partial charge < -0.3 is 10.2 Å². The van der Waals surface area contributed by atoms with Crippen LogP contribution < -0.4 is 10.2 Å². The average Bonchev–Trinajstić information content (AvgIpc) is 2.35. The van der Waals surface area contributed by atoms with Gasteiger partial charge in [-0.1, -0.05) is 13.3 Å². The Kier molecular flexibility index (Phi) is 5.38. The minimum absolute atomic E-state index is 0.246. The standard InChI is InChI=1S/C12H19F3N4/c1-4-6-9-10(16-3)17-8-18-11(9)19(5-2)7-12(13,14)15/h8H,4-7H2,1-3H3,(H,16,17,18). The van der Waals surface area contributed by atoms with E-state index in [1.165, 1.54) is 11.2 Å². The maximum atomic E-state index is 12.6. The zero-order chi connectivity index (χ0) is 14.5. The second-order valence-electron chi connectivity index (χ2n) is 4.15. The fourth-order valence-electron chi connectivity index (χ4n) is 1.92. The van der Waals surface area contributed by atoms with Crippen LogP contribution >= 0.6 is 0 Å². The van der Waals surface area contributed by atoms with Gasteiger partial charge in [0, 0.05) is 19.2 Å². The zero-order valence-electron chi connectivity index (χ0n) is 11.4. The van der Waals surface area contributed by atoms with Crippen molar-refractivity contribution in [2.45, 2.75) is 32.9 Å². The van der Waals surface area contributed by atoms with E-state index in [0.717, 1.165) is 12.0 Å². The van der Waals surface area contributed by atoms with Crippen LogP contribution in [0.1, 0.15) is 25.8 Å². The Morgan fingerprint density at radius 1 is 1.26 bits per heavy atom. The maximum Gasteiger partial charge on any atom is 0.405 e. The minimum atomic E-state index is -4.25. The van der Waals surface area contributed by atoms with Crippen molar-refractivity contribution in [2.24, 2.45) is 0 Å². The minimum Gasteiger partial charge on any atom is -0.373 e. The van der Waals surface area contributed by atoms with Crippen LogP contribution in [-0.4, -0.2) is 36.3 Å². The van der Waals surface area contributed by atoms with Gasteiger partial charge in [0.05, 0.1) is 0 Å². The molecule has 0 aromatic carbocycles. The highest BCUT2D eigenvalue weighted by atomic mass is 19.4. The number of hydrogen-bond donors (Lipinski definition) is 1. The summed E-state index contributed by atoms with van der Waals surface area (Å²) in [6, 6.07) is 0. The molecule has 0 aliphatic rings.